The topological polar surface area (TPSA) is 18.5 Å². The van der Waals surface area contributed by atoms with Gasteiger partial charge in [0.15, 0.2) is 0 Å². The largest absolute Gasteiger partial charge is 0.379 e. The van der Waals surface area contributed by atoms with E-state index in [1.165, 1.54) is 6.42 Å². The molecule has 1 atom stereocenters. The van der Waals surface area contributed by atoms with E-state index >= 15 is 0 Å². The maximum atomic E-state index is 5.62. The first-order valence-corrected chi connectivity index (χ1v) is 5.23. The molecule has 1 aliphatic rings. The molecule has 0 amide bonds. The van der Waals surface area contributed by atoms with E-state index in [4.69, 9.17) is 9.47 Å². The Morgan fingerprint density at radius 1 is 1.64 bits per heavy atom. The van der Waals surface area contributed by atoms with Gasteiger partial charge in [0.25, 0.3) is 0 Å². The van der Waals surface area contributed by atoms with Gasteiger partial charge in [-0.1, -0.05) is 15.9 Å². The van der Waals surface area contributed by atoms with Crippen molar-refractivity contribution >= 4 is 15.9 Å². The highest BCUT2D eigenvalue weighted by atomic mass is 79.9. The zero-order chi connectivity index (χ0) is 8.16. The Hall–Kier alpha value is 0.400. The molecule has 0 saturated carbocycles. The summed E-state index contributed by atoms with van der Waals surface area (Å²) in [4.78, 5) is 0. The van der Waals surface area contributed by atoms with E-state index in [-0.39, 0.29) is 5.60 Å². The number of ether oxygens (including phenoxy) is 2. The van der Waals surface area contributed by atoms with Gasteiger partial charge in [-0.05, 0) is 19.8 Å². The summed E-state index contributed by atoms with van der Waals surface area (Å²) in [6, 6.07) is 0. The highest BCUT2D eigenvalue weighted by Gasteiger charge is 2.33. The molecule has 1 fully saturated rings. The fourth-order valence-electron chi connectivity index (χ4n) is 1.30. The fraction of sp³-hybridized carbons (Fsp3) is 1.00. The van der Waals surface area contributed by atoms with Crippen LogP contribution in [0.5, 0.6) is 0 Å². The summed E-state index contributed by atoms with van der Waals surface area (Å²) in [6.45, 7) is 4.41. The molecule has 0 N–H and O–H groups in total. The second-order valence-corrected chi connectivity index (χ2v) is 3.47. The molecular formula is C8H15BrO2. The number of rotatable bonds is 4. The van der Waals surface area contributed by atoms with Crippen LogP contribution in [-0.2, 0) is 9.47 Å². The van der Waals surface area contributed by atoms with Gasteiger partial charge in [-0.2, -0.15) is 0 Å². The quantitative estimate of drug-likeness (QED) is 0.678. The van der Waals surface area contributed by atoms with Crippen molar-refractivity contribution in [3.05, 3.63) is 0 Å². The van der Waals surface area contributed by atoms with Crippen LogP contribution < -0.4 is 0 Å². The Balaban J connectivity index is 2.33. The van der Waals surface area contributed by atoms with Crippen molar-refractivity contribution in [1.82, 2.24) is 0 Å². The van der Waals surface area contributed by atoms with Crippen LogP contribution in [0.25, 0.3) is 0 Å². The van der Waals surface area contributed by atoms with E-state index in [2.05, 4.69) is 15.9 Å². The molecule has 1 saturated heterocycles. The van der Waals surface area contributed by atoms with E-state index in [0.29, 0.717) is 0 Å². The standard InChI is InChI=1S/C8H15BrO2/c1-2-10-7-8(6-9)4-3-5-11-8/h2-7H2,1H3. The summed E-state index contributed by atoms with van der Waals surface area (Å²) in [5, 5.41) is 0.889. The first-order chi connectivity index (χ1) is 5.33. The second kappa shape index (κ2) is 4.43. The van der Waals surface area contributed by atoms with Gasteiger partial charge >= 0.3 is 0 Å². The normalized spacial score (nSPS) is 31.1. The van der Waals surface area contributed by atoms with Crippen LogP contribution in [0.15, 0.2) is 0 Å². The number of hydrogen-bond donors (Lipinski definition) is 0. The molecule has 1 unspecified atom stereocenters. The van der Waals surface area contributed by atoms with Gasteiger partial charge < -0.3 is 9.47 Å². The predicted octanol–water partition coefficient (Wildman–Crippen LogP) is 1.97. The van der Waals surface area contributed by atoms with Crippen molar-refractivity contribution < 1.29 is 9.47 Å². The highest BCUT2D eigenvalue weighted by Crippen LogP contribution is 2.27. The molecule has 0 aliphatic carbocycles. The number of hydrogen-bond acceptors (Lipinski definition) is 2. The first kappa shape index (κ1) is 9.49. The maximum Gasteiger partial charge on any atom is 0.101 e. The van der Waals surface area contributed by atoms with Crippen molar-refractivity contribution in [2.45, 2.75) is 25.4 Å². The Kier molecular flexibility index (Phi) is 3.82. The predicted molar refractivity (Wildman–Crippen MR) is 48.2 cm³/mol. The molecule has 1 heterocycles. The highest BCUT2D eigenvalue weighted by molar-refractivity contribution is 9.09. The van der Waals surface area contributed by atoms with Crippen LogP contribution in [0.4, 0.5) is 0 Å². The summed E-state index contributed by atoms with van der Waals surface area (Å²) in [6.07, 6.45) is 2.29. The van der Waals surface area contributed by atoms with Crippen LogP contribution in [0.3, 0.4) is 0 Å². The fourth-order valence-corrected chi connectivity index (χ4v) is 1.91. The van der Waals surface area contributed by atoms with Gasteiger partial charge in [-0.25, -0.2) is 0 Å². The monoisotopic (exact) mass is 222 g/mol. The number of alkyl halides is 1. The van der Waals surface area contributed by atoms with E-state index in [1.807, 2.05) is 6.92 Å². The zero-order valence-corrected chi connectivity index (χ0v) is 8.52. The van der Waals surface area contributed by atoms with Gasteiger partial charge in [-0.15, -0.1) is 0 Å². The molecule has 3 heteroatoms. The van der Waals surface area contributed by atoms with Crippen LogP contribution in [0, 0.1) is 0 Å². The van der Waals surface area contributed by atoms with E-state index in [1.54, 1.807) is 0 Å². The Morgan fingerprint density at radius 2 is 2.45 bits per heavy atom. The first-order valence-electron chi connectivity index (χ1n) is 4.11. The molecular weight excluding hydrogens is 208 g/mol. The van der Waals surface area contributed by atoms with Crippen LogP contribution in [-0.4, -0.2) is 30.8 Å². The molecule has 0 aromatic carbocycles. The molecule has 0 aromatic rings. The average Bonchev–Trinajstić information content (AvgIpc) is 2.50. The summed E-state index contributed by atoms with van der Waals surface area (Å²) in [5.41, 5.74) is -0.0178. The molecule has 0 aromatic heterocycles. The lowest BCUT2D eigenvalue weighted by molar-refractivity contribution is -0.0443. The van der Waals surface area contributed by atoms with Gasteiger partial charge in [0.2, 0.25) is 0 Å². The van der Waals surface area contributed by atoms with Gasteiger partial charge in [-0.3, -0.25) is 0 Å². The smallest absolute Gasteiger partial charge is 0.101 e. The molecule has 1 rings (SSSR count). The lowest BCUT2D eigenvalue weighted by Gasteiger charge is -2.25. The van der Waals surface area contributed by atoms with Gasteiger partial charge in [0.1, 0.15) is 5.60 Å². The lowest BCUT2D eigenvalue weighted by atomic mass is 10.0. The van der Waals surface area contributed by atoms with Crippen molar-refractivity contribution in [2.24, 2.45) is 0 Å². The van der Waals surface area contributed by atoms with Gasteiger partial charge in [0, 0.05) is 18.5 Å². The van der Waals surface area contributed by atoms with Crippen molar-refractivity contribution in [1.29, 1.82) is 0 Å². The average molecular weight is 223 g/mol. The third-order valence-electron chi connectivity index (χ3n) is 2.00. The molecule has 1 aliphatic heterocycles. The molecule has 11 heavy (non-hydrogen) atoms. The third kappa shape index (κ3) is 2.42. The Labute approximate surface area is 76.4 Å². The van der Waals surface area contributed by atoms with Crippen molar-refractivity contribution in [2.75, 3.05) is 25.2 Å². The summed E-state index contributed by atoms with van der Waals surface area (Å²) in [7, 11) is 0. The van der Waals surface area contributed by atoms with Crippen LogP contribution in [0.2, 0.25) is 0 Å². The summed E-state index contributed by atoms with van der Waals surface area (Å²) < 4.78 is 11.0. The zero-order valence-electron chi connectivity index (χ0n) is 6.94. The van der Waals surface area contributed by atoms with Crippen LogP contribution in [0.1, 0.15) is 19.8 Å². The Morgan fingerprint density at radius 3 is 2.91 bits per heavy atom. The minimum Gasteiger partial charge on any atom is -0.379 e. The van der Waals surface area contributed by atoms with Crippen molar-refractivity contribution in [3.8, 4) is 0 Å². The van der Waals surface area contributed by atoms with E-state index in [9.17, 15) is 0 Å². The summed E-state index contributed by atoms with van der Waals surface area (Å²) in [5.74, 6) is 0. The minimum absolute atomic E-state index is 0.0178. The number of halogens is 1. The molecule has 0 bridgehead atoms. The SMILES string of the molecule is CCOCC1(CBr)CCCO1. The molecule has 0 spiro atoms. The van der Waals surface area contributed by atoms with E-state index in [0.717, 1.165) is 31.6 Å². The molecule has 66 valence electrons. The molecule has 0 radical (unpaired) electrons. The molecule has 2 nitrogen and oxygen atoms in total. The minimum atomic E-state index is -0.0178. The van der Waals surface area contributed by atoms with E-state index < -0.39 is 0 Å². The summed E-state index contributed by atoms with van der Waals surface area (Å²) >= 11 is 3.46. The third-order valence-corrected chi connectivity index (χ3v) is 3.02. The second-order valence-electron chi connectivity index (χ2n) is 2.91. The van der Waals surface area contributed by atoms with Gasteiger partial charge in [0.05, 0.1) is 6.61 Å². The maximum absolute atomic E-state index is 5.62. The Bertz CT molecular complexity index is 111. The van der Waals surface area contributed by atoms with Crippen LogP contribution >= 0.6 is 15.9 Å². The lowest BCUT2D eigenvalue weighted by Crippen LogP contribution is -2.35. The van der Waals surface area contributed by atoms with Crippen molar-refractivity contribution in [3.63, 3.8) is 0 Å².